The van der Waals surface area contributed by atoms with E-state index in [1.54, 1.807) is 18.6 Å². The lowest BCUT2D eigenvalue weighted by Gasteiger charge is -2.06. The summed E-state index contributed by atoms with van der Waals surface area (Å²) in [5.41, 5.74) is 6.37. The van der Waals surface area contributed by atoms with Crippen molar-refractivity contribution in [3.8, 4) is 0 Å². The molecule has 0 fully saturated rings. The first kappa shape index (κ1) is 8.10. The van der Waals surface area contributed by atoms with Gasteiger partial charge >= 0.3 is 0 Å². The van der Waals surface area contributed by atoms with Crippen LogP contribution < -0.4 is 5.73 Å². The van der Waals surface area contributed by atoms with Crippen molar-refractivity contribution in [3.05, 3.63) is 24.3 Å². The molecule has 11 heavy (non-hydrogen) atoms. The first-order valence-corrected chi connectivity index (χ1v) is 3.47. The van der Waals surface area contributed by atoms with E-state index in [4.69, 9.17) is 10.8 Å². The lowest BCUT2D eigenvalue weighted by Crippen LogP contribution is -2.13. The van der Waals surface area contributed by atoms with E-state index in [-0.39, 0.29) is 12.6 Å². The molecule has 1 aromatic rings. The van der Waals surface area contributed by atoms with Crippen LogP contribution in [0.3, 0.4) is 0 Å². The zero-order chi connectivity index (χ0) is 8.10. The number of nitrogens with two attached hydrogens (primary N) is 1. The van der Waals surface area contributed by atoms with Crippen molar-refractivity contribution in [2.75, 3.05) is 6.61 Å². The Labute approximate surface area is 65.1 Å². The molecule has 1 unspecified atom stereocenters. The van der Waals surface area contributed by atoms with Gasteiger partial charge in [-0.1, -0.05) is 0 Å². The van der Waals surface area contributed by atoms with E-state index in [9.17, 15) is 0 Å². The van der Waals surface area contributed by atoms with Gasteiger partial charge in [0.25, 0.3) is 0 Å². The van der Waals surface area contributed by atoms with Crippen molar-refractivity contribution in [2.24, 2.45) is 5.73 Å². The second kappa shape index (κ2) is 4.00. The molecule has 4 nitrogen and oxygen atoms in total. The Balaban J connectivity index is 2.61. The number of hydrogen-bond donors (Lipinski definition) is 2. The lowest BCUT2D eigenvalue weighted by atomic mass is 10.2. The van der Waals surface area contributed by atoms with Crippen molar-refractivity contribution in [3.63, 3.8) is 0 Å². The lowest BCUT2D eigenvalue weighted by molar-refractivity contribution is 0.275. The SMILES string of the molecule is NC(CCO)c1cnccn1. The molecule has 1 atom stereocenters. The standard InChI is InChI=1S/C7H11N3O/c8-6(1-4-11)7-5-9-2-3-10-7/h2-3,5-6,11H,1,4,8H2. The van der Waals surface area contributed by atoms with Crippen LogP contribution in [0.25, 0.3) is 0 Å². The van der Waals surface area contributed by atoms with Crippen molar-refractivity contribution in [1.29, 1.82) is 0 Å². The fraction of sp³-hybridized carbons (Fsp3) is 0.429. The molecule has 0 aliphatic carbocycles. The number of nitrogens with zero attached hydrogens (tertiary/aromatic N) is 2. The zero-order valence-corrected chi connectivity index (χ0v) is 6.14. The normalized spacial score (nSPS) is 12.9. The predicted molar refractivity (Wildman–Crippen MR) is 40.7 cm³/mol. The maximum absolute atomic E-state index is 8.57. The topological polar surface area (TPSA) is 72.0 Å². The summed E-state index contributed by atoms with van der Waals surface area (Å²) in [5, 5.41) is 8.57. The number of aromatic nitrogens is 2. The number of hydrogen-bond acceptors (Lipinski definition) is 4. The van der Waals surface area contributed by atoms with E-state index in [2.05, 4.69) is 9.97 Å². The minimum Gasteiger partial charge on any atom is -0.396 e. The summed E-state index contributed by atoms with van der Waals surface area (Å²) in [4.78, 5) is 7.86. The average molecular weight is 153 g/mol. The number of rotatable bonds is 3. The van der Waals surface area contributed by atoms with Gasteiger partial charge in [0.15, 0.2) is 0 Å². The maximum atomic E-state index is 8.57. The molecule has 0 aliphatic rings. The van der Waals surface area contributed by atoms with Gasteiger partial charge in [0.05, 0.1) is 11.7 Å². The van der Waals surface area contributed by atoms with Gasteiger partial charge in [0, 0.05) is 25.2 Å². The third kappa shape index (κ3) is 2.25. The van der Waals surface area contributed by atoms with Crippen LogP contribution in [-0.2, 0) is 0 Å². The molecule has 0 amide bonds. The Hall–Kier alpha value is -1.00. The zero-order valence-electron chi connectivity index (χ0n) is 6.14. The Morgan fingerprint density at radius 1 is 1.55 bits per heavy atom. The molecule has 0 radical (unpaired) electrons. The molecule has 0 saturated heterocycles. The van der Waals surface area contributed by atoms with E-state index >= 15 is 0 Å². The van der Waals surface area contributed by atoms with Gasteiger partial charge in [0.2, 0.25) is 0 Å². The largest absolute Gasteiger partial charge is 0.396 e. The van der Waals surface area contributed by atoms with Crippen molar-refractivity contribution < 1.29 is 5.11 Å². The van der Waals surface area contributed by atoms with Crippen LogP contribution in [0.15, 0.2) is 18.6 Å². The van der Waals surface area contributed by atoms with E-state index < -0.39 is 0 Å². The molecule has 1 aromatic heterocycles. The van der Waals surface area contributed by atoms with Gasteiger partial charge < -0.3 is 10.8 Å². The molecule has 0 aromatic carbocycles. The highest BCUT2D eigenvalue weighted by molar-refractivity contribution is 5.00. The number of aliphatic hydroxyl groups is 1. The third-order valence-corrected chi connectivity index (χ3v) is 1.40. The second-order valence-corrected chi connectivity index (χ2v) is 2.25. The van der Waals surface area contributed by atoms with Gasteiger partial charge in [-0.15, -0.1) is 0 Å². The molecule has 0 saturated carbocycles. The summed E-state index contributed by atoms with van der Waals surface area (Å²) in [7, 11) is 0. The number of aliphatic hydroxyl groups excluding tert-OH is 1. The van der Waals surface area contributed by atoms with E-state index in [0.29, 0.717) is 6.42 Å². The molecular weight excluding hydrogens is 142 g/mol. The first-order chi connectivity index (χ1) is 5.34. The quantitative estimate of drug-likeness (QED) is 0.634. The second-order valence-electron chi connectivity index (χ2n) is 2.25. The highest BCUT2D eigenvalue weighted by atomic mass is 16.3. The molecule has 60 valence electrons. The van der Waals surface area contributed by atoms with E-state index in [1.165, 1.54) is 0 Å². The van der Waals surface area contributed by atoms with Gasteiger partial charge in [-0.3, -0.25) is 9.97 Å². The van der Waals surface area contributed by atoms with Crippen LogP contribution in [0.2, 0.25) is 0 Å². The van der Waals surface area contributed by atoms with Crippen LogP contribution in [0.1, 0.15) is 18.2 Å². The summed E-state index contributed by atoms with van der Waals surface area (Å²) >= 11 is 0. The Morgan fingerprint density at radius 3 is 2.91 bits per heavy atom. The highest BCUT2D eigenvalue weighted by Crippen LogP contribution is 2.07. The van der Waals surface area contributed by atoms with Gasteiger partial charge in [-0.25, -0.2) is 0 Å². The monoisotopic (exact) mass is 153 g/mol. The van der Waals surface area contributed by atoms with E-state index in [1.807, 2.05) is 0 Å². The smallest absolute Gasteiger partial charge is 0.0754 e. The molecule has 1 heterocycles. The molecule has 0 bridgehead atoms. The summed E-state index contributed by atoms with van der Waals surface area (Å²) in [6.07, 6.45) is 5.32. The molecule has 3 N–H and O–H groups in total. The predicted octanol–water partition coefficient (Wildman–Crippen LogP) is -0.141. The Kier molecular flexibility index (Phi) is 2.95. The van der Waals surface area contributed by atoms with Crippen molar-refractivity contribution >= 4 is 0 Å². The Morgan fingerprint density at radius 2 is 2.36 bits per heavy atom. The van der Waals surface area contributed by atoms with Gasteiger partial charge in [0.1, 0.15) is 0 Å². The van der Waals surface area contributed by atoms with Gasteiger partial charge in [-0.05, 0) is 6.42 Å². The minimum atomic E-state index is -0.200. The fourth-order valence-corrected chi connectivity index (χ4v) is 0.789. The van der Waals surface area contributed by atoms with Crippen LogP contribution in [-0.4, -0.2) is 21.7 Å². The van der Waals surface area contributed by atoms with Crippen LogP contribution >= 0.6 is 0 Å². The van der Waals surface area contributed by atoms with Crippen molar-refractivity contribution in [1.82, 2.24) is 9.97 Å². The van der Waals surface area contributed by atoms with E-state index in [0.717, 1.165) is 5.69 Å². The summed E-state index contributed by atoms with van der Waals surface area (Å²) in [6.45, 7) is 0.0811. The fourth-order valence-electron chi connectivity index (χ4n) is 0.789. The van der Waals surface area contributed by atoms with Gasteiger partial charge in [-0.2, -0.15) is 0 Å². The summed E-state index contributed by atoms with van der Waals surface area (Å²) in [5.74, 6) is 0. The van der Waals surface area contributed by atoms with Crippen LogP contribution in [0.5, 0.6) is 0 Å². The molecule has 0 aliphatic heterocycles. The van der Waals surface area contributed by atoms with Crippen LogP contribution in [0.4, 0.5) is 0 Å². The maximum Gasteiger partial charge on any atom is 0.0754 e. The Bertz CT molecular complexity index is 202. The minimum absolute atomic E-state index is 0.0811. The van der Waals surface area contributed by atoms with Crippen molar-refractivity contribution in [2.45, 2.75) is 12.5 Å². The summed E-state index contributed by atoms with van der Waals surface area (Å²) < 4.78 is 0. The third-order valence-electron chi connectivity index (χ3n) is 1.40. The highest BCUT2D eigenvalue weighted by Gasteiger charge is 2.04. The average Bonchev–Trinajstić information content (AvgIpc) is 2.07. The molecule has 4 heteroatoms. The summed E-state index contributed by atoms with van der Waals surface area (Å²) in [6, 6.07) is -0.200. The van der Waals surface area contributed by atoms with Crippen LogP contribution in [0, 0.1) is 0 Å². The first-order valence-electron chi connectivity index (χ1n) is 3.47. The molecule has 0 spiro atoms. The molecular formula is C7H11N3O. The molecule has 1 rings (SSSR count).